The Labute approximate surface area is 144 Å². The van der Waals surface area contributed by atoms with Gasteiger partial charge in [0.15, 0.2) is 0 Å². The van der Waals surface area contributed by atoms with Crippen LogP contribution in [-0.2, 0) is 0 Å². The molecule has 23 heavy (non-hydrogen) atoms. The molecule has 0 spiro atoms. The Bertz CT molecular complexity index is 786. The van der Waals surface area contributed by atoms with Crippen LogP contribution < -0.4 is 4.90 Å². The predicted molar refractivity (Wildman–Crippen MR) is 95.5 cm³/mol. The van der Waals surface area contributed by atoms with Gasteiger partial charge in [0.05, 0.1) is 17.3 Å². The van der Waals surface area contributed by atoms with Gasteiger partial charge in [0.25, 0.3) is 0 Å². The number of benzene rings is 2. The van der Waals surface area contributed by atoms with Gasteiger partial charge in [-0.05, 0) is 54.3 Å². The highest BCUT2D eigenvalue weighted by Crippen LogP contribution is 2.26. The van der Waals surface area contributed by atoms with Gasteiger partial charge in [0, 0.05) is 17.6 Å². The number of nitriles is 1. The number of halogens is 2. The Balaban J connectivity index is 1.91. The first-order chi connectivity index (χ1) is 11.2. The van der Waals surface area contributed by atoms with Crippen LogP contribution in [0.5, 0.6) is 0 Å². The molecule has 0 aromatic heterocycles. The van der Waals surface area contributed by atoms with Gasteiger partial charge in [-0.3, -0.25) is 0 Å². The Morgan fingerprint density at radius 3 is 2.61 bits per heavy atom. The molecule has 0 atom stereocenters. The molecule has 1 saturated heterocycles. The van der Waals surface area contributed by atoms with Gasteiger partial charge in [0.1, 0.15) is 5.82 Å². The standard InChI is InChI=1S/C19H16BrFN2/c20-17-5-3-4-15(12-17)16(13-22)10-14-6-7-19(18(21)11-14)23-8-1-2-9-23/h3-7,10-12H,1-2,8-9H2/b16-10-. The fourth-order valence-corrected chi connectivity index (χ4v) is 3.23. The smallest absolute Gasteiger partial charge is 0.147 e. The number of allylic oxidation sites excluding steroid dienone is 1. The summed E-state index contributed by atoms with van der Waals surface area (Å²) in [6.07, 6.45) is 3.95. The molecule has 0 bridgehead atoms. The maximum absolute atomic E-state index is 14.4. The molecule has 1 aliphatic rings. The molecule has 0 aliphatic carbocycles. The summed E-state index contributed by atoms with van der Waals surface area (Å²) in [5.74, 6) is -0.229. The largest absolute Gasteiger partial charge is 0.369 e. The number of hydrogen-bond donors (Lipinski definition) is 0. The quantitative estimate of drug-likeness (QED) is 0.544. The van der Waals surface area contributed by atoms with E-state index in [4.69, 9.17) is 0 Å². The Morgan fingerprint density at radius 2 is 1.96 bits per heavy atom. The van der Waals surface area contributed by atoms with Crippen LogP contribution in [0.15, 0.2) is 46.9 Å². The van der Waals surface area contributed by atoms with Crippen molar-refractivity contribution < 1.29 is 4.39 Å². The number of nitrogens with zero attached hydrogens (tertiary/aromatic N) is 2. The third-order valence-corrected chi connectivity index (χ3v) is 4.48. The average Bonchev–Trinajstić information content (AvgIpc) is 3.07. The maximum Gasteiger partial charge on any atom is 0.147 e. The van der Waals surface area contributed by atoms with E-state index in [1.54, 1.807) is 6.08 Å². The zero-order chi connectivity index (χ0) is 16.2. The minimum Gasteiger partial charge on any atom is -0.369 e. The summed E-state index contributed by atoms with van der Waals surface area (Å²) in [6, 6.07) is 14.9. The topological polar surface area (TPSA) is 27.0 Å². The van der Waals surface area contributed by atoms with Gasteiger partial charge in [-0.25, -0.2) is 4.39 Å². The van der Waals surface area contributed by atoms with E-state index in [1.807, 2.05) is 36.4 Å². The molecule has 0 N–H and O–H groups in total. The first-order valence-electron chi connectivity index (χ1n) is 7.59. The van der Waals surface area contributed by atoms with Crippen molar-refractivity contribution in [3.63, 3.8) is 0 Å². The molecule has 0 unspecified atom stereocenters. The zero-order valence-corrected chi connectivity index (χ0v) is 14.2. The van der Waals surface area contributed by atoms with Crippen molar-refractivity contribution in [3.05, 3.63) is 63.9 Å². The van der Waals surface area contributed by atoms with Gasteiger partial charge in [-0.1, -0.05) is 34.1 Å². The molecule has 2 nitrogen and oxygen atoms in total. The van der Waals surface area contributed by atoms with Crippen LogP contribution in [0.4, 0.5) is 10.1 Å². The molecular weight excluding hydrogens is 355 g/mol. The summed E-state index contributed by atoms with van der Waals surface area (Å²) in [5, 5.41) is 9.39. The van der Waals surface area contributed by atoms with Crippen molar-refractivity contribution in [3.8, 4) is 6.07 Å². The normalized spacial score (nSPS) is 14.8. The molecule has 4 heteroatoms. The Hall–Kier alpha value is -2.12. The molecule has 2 aromatic rings. The first kappa shape index (κ1) is 15.8. The molecule has 116 valence electrons. The fourth-order valence-electron chi connectivity index (χ4n) is 2.83. The molecule has 1 fully saturated rings. The predicted octanol–water partition coefficient (Wildman–Crippen LogP) is 5.25. The maximum atomic E-state index is 14.4. The second kappa shape index (κ2) is 6.97. The van der Waals surface area contributed by atoms with Crippen LogP contribution in [-0.4, -0.2) is 13.1 Å². The van der Waals surface area contributed by atoms with Crippen LogP contribution in [0.3, 0.4) is 0 Å². The summed E-state index contributed by atoms with van der Waals surface area (Å²) < 4.78 is 15.3. The van der Waals surface area contributed by atoms with Crippen molar-refractivity contribution >= 4 is 33.3 Å². The summed E-state index contributed by atoms with van der Waals surface area (Å²) in [6.45, 7) is 1.82. The summed E-state index contributed by atoms with van der Waals surface area (Å²) in [7, 11) is 0. The van der Waals surface area contributed by atoms with E-state index in [2.05, 4.69) is 26.9 Å². The lowest BCUT2D eigenvalue weighted by atomic mass is 10.0. The highest BCUT2D eigenvalue weighted by atomic mass is 79.9. The molecule has 2 aromatic carbocycles. The van der Waals surface area contributed by atoms with Crippen LogP contribution in [0, 0.1) is 17.1 Å². The van der Waals surface area contributed by atoms with Crippen LogP contribution >= 0.6 is 15.9 Å². The summed E-state index contributed by atoms with van der Waals surface area (Å²) in [5.41, 5.74) is 2.67. The van der Waals surface area contributed by atoms with E-state index in [0.717, 1.165) is 36.0 Å². The number of rotatable bonds is 3. The lowest BCUT2D eigenvalue weighted by Gasteiger charge is -2.18. The van der Waals surface area contributed by atoms with E-state index < -0.39 is 0 Å². The molecule has 3 rings (SSSR count). The first-order valence-corrected chi connectivity index (χ1v) is 8.39. The van der Waals surface area contributed by atoms with Crippen LogP contribution in [0.1, 0.15) is 24.0 Å². The van der Waals surface area contributed by atoms with Crippen LogP contribution in [0.25, 0.3) is 11.6 Å². The fraction of sp³-hybridized carbons (Fsp3) is 0.211. The van der Waals surface area contributed by atoms with Gasteiger partial charge >= 0.3 is 0 Å². The molecule has 0 saturated carbocycles. The summed E-state index contributed by atoms with van der Waals surface area (Å²) in [4.78, 5) is 2.07. The third kappa shape index (κ3) is 3.62. The number of hydrogen-bond acceptors (Lipinski definition) is 2. The molecule has 1 heterocycles. The van der Waals surface area contributed by atoms with Crippen molar-refractivity contribution in [2.45, 2.75) is 12.8 Å². The molecule has 0 amide bonds. The second-order valence-electron chi connectivity index (χ2n) is 5.59. The van der Waals surface area contributed by atoms with E-state index in [0.29, 0.717) is 16.8 Å². The van der Waals surface area contributed by atoms with Gasteiger partial charge < -0.3 is 4.90 Å². The average molecular weight is 371 g/mol. The lowest BCUT2D eigenvalue weighted by molar-refractivity contribution is 0.623. The third-order valence-electron chi connectivity index (χ3n) is 3.99. The van der Waals surface area contributed by atoms with Crippen molar-refractivity contribution in [2.24, 2.45) is 0 Å². The van der Waals surface area contributed by atoms with Gasteiger partial charge in [-0.15, -0.1) is 0 Å². The highest BCUT2D eigenvalue weighted by Gasteiger charge is 2.16. The molecule has 0 radical (unpaired) electrons. The van der Waals surface area contributed by atoms with Crippen molar-refractivity contribution in [1.29, 1.82) is 5.26 Å². The monoisotopic (exact) mass is 370 g/mol. The van der Waals surface area contributed by atoms with Crippen molar-refractivity contribution in [1.82, 2.24) is 0 Å². The zero-order valence-electron chi connectivity index (χ0n) is 12.6. The molecular formula is C19H16BrFN2. The van der Waals surface area contributed by atoms with Crippen LogP contribution in [0.2, 0.25) is 0 Å². The van der Waals surface area contributed by atoms with Crippen molar-refractivity contribution in [2.75, 3.05) is 18.0 Å². The minimum atomic E-state index is -0.229. The van der Waals surface area contributed by atoms with E-state index in [9.17, 15) is 9.65 Å². The van der Waals surface area contributed by atoms with E-state index in [1.165, 1.54) is 6.07 Å². The van der Waals surface area contributed by atoms with E-state index >= 15 is 0 Å². The van der Waals surface area contributed by atoms with E-state index in [-0.39, 0.29) is 5.82 Å². The Morgan fingerprint density at radius 1 is 1.17 bits per heavy atom. The highest BCUT2D eigenvalue weighted by molar-refractivity contribution is 9.10. The molecule has 1 aliphatic heterocycles. The lowest BCUT2D eigenvalue weighted by Crippen LogP contribution is -2.18. The SMILES string of the molecule is N#C/C(=C/c1ccc(N2CCCC2)c(F)c1)c1cccc(Br)c1. The van der Waals surface area contributed by atoms with Gasteiger partial charge in [0.2, 0.25) is 0 Å². The summed E-state index contributed by atoms with van der Waals surface area (Å²) >= 11 is 3.40. The van der Waals surface area contributed by atoms with Gasteiger partial charge in [-0.2, -0.15) is 5.26 Å². The minimum absolute atomic E-state index is 0.229. The Kier molecular flexibility index (Phi) is 4.78. The number of anilines is 1. The second-order valence-corrected chi connectivity index (χ2v) is 6.50.